The number of benzene rings is 1. The van der Waals surface area contributed by atoms with E-state index in [1.165, 1.54) is 22.9 Å². The summed E-state index contributed by atoms with van der Waals surface area (Å²) in [6, 6.07) is 10.6. The molecule has 0 N–H and O–H groups in total. The molecule has 8 heteroatoms. The number of ketones is 1. The lowest BCUT2D eigenvalue weighted by Gasteiger charge is -2.15. The van der Waals surface area contributed by atoms with Crippen LogP contribution in [0.2, 0.25) is 0 Å². The number of ether oxygens (including phenoxy) is 1. The summed E-state index contributed by atoms with van der Waals surface area (Å²) in [7, 11) is 1.55. The average molecular weight is 430 g/mol. The molecule has 0 unspecified atom stereocenters. The number of hydrogen-bond acceptors (Lipinski definition) is 7. The molecule has 7 nitrogen and oxygen atoms in total. The van der Waals surface area contributed by atoms with Gasteiger partial charge in [-0.15, -0.1) is 11.3 Å². The average Bonchev–Trinajstić information content (AvgIpc) is 3.18. The molecule has 3 aromatic rings. The number of aromatic nitrogens is 2. The molecule has 0 bridgehead atoms. The number of aryl methyl sites for hydroxylation is 1. The van der Waals surface area contributed by atoms with Crippen LogP contribution in [0.4, 0.5) is 0 Å². The minimum absolute atomic E-state index is 0.104. The minimum atomic E-state index is -0.724. The topological polar surface area (TPSA) is 109 Å². The summed E-state index contributed by atoms with van der Waals surface area (Å²) in [5.41, 5.74) is 1.10. The first-order valence-corrected chi connectivity index (χ1v) is 10.6. The van der Waals surface area contributed by atoms with Crippen molar-refractivity contribution in [2.45, 2.75) is 32.6 Å². The number of rotatable bonds is 4. The molecule has 154 valence electrons. The Kier molecular flexibility index (Phi) is 5.41. The summed E-state index contributed by atoms with van der Waals surface area (Å²) in [5.74, 6) is 0.515. The molecule has 0 fully saturated rings. The zero-order valence-corrected chi connectivity index (χ0v) is 17.9. The smallest absolute Gasteiger partial charge is 0.236 e. The summed E-state index contributed by atoms with van der Waals surface area (Å²) in [4.78, 5) is 26.5. The fourth-order valence-electron chi connectivity index (χ4n) is 3.93. The minimum Gasteiger partial charge on any atom is -0.497 e. The Morgan fingerprint density at radius 3 is 2.48 bits per heavy atom. The van der Waals surface area contributed by atoms with Gasteiger partial charge in [-0.3, -0.25) is 9.59 Å². The summed E-state index contributed by atoms with van der Waals surface area (Å²) in [6.07, 6.45) is 3.71. The van der Waals surface area contributed by atoms with E-state index in [4.69, 9.17) is 4.74 Å². The van der Waals surface area contributed by atoms with Crippen LogP contribution in [0.15, 0.2) is 29.1 Å². The first-order valence-electron chi connectivity index (χ1n) is 9.78. The van der Waals surface area contributed by atoms with Gasteiger partial charge < -0.3 is 4.74 Å². The highest BCUT2D eigenvalue weighted by Crippen LogP contribution is 2.39. The second kappa shape index (κ2) is 8.17. The molecule has 0 atom stereocenters. The van der Waals surface area contributed by atoms with Crippen molar-refractivity contribution in [3.63, 3.8) is 0 Å². The van der Waals surface area contributed by atoms with Gasteiger partial charge in [-0.05, 0) is 62.4 Å². The molecule has 2 aromatic heterocycles. The van der Waals surface area contributed by atoms with Gasteiger partial charge in [0.2, 0.25) is 11.1 Å². The fourth-order valence-corrected chi connectivity index (χ4v) is 5.32. The Labute approximate surface area is 182 Å². The van der Waals surface area contributed by atoms with Crippen molar-refractivity contribution in [2.75, 3.05) is 7.11 Å². The van der Waals surface area contributed by atoms with Gasteiger partial charge in [0, 0.05) is 10.4 Å². The molecule has 0 radical (unpaired) electrons. The molecule has 0 saturated heterocycles. The van der Waals surface area contributed by atoms with Crippen LogP contribution in [0.5, 0.6) is 5.75 Å². The third kappa shape index (κ3) is 3.41. The van der Waals surface area contributed by atoms with Crippen LogP contribution in [0.3, 0.4) is 0 Å². The van der Waals surface area contributed by atoms with Crippen molar-refractivity contribution >= 4 is 17.1 Å². The van der Waals surface area contributed by atoms with Crippen LogP contribution in [-0.2, 0) is 12.8 Å². The molecule has 4 rings (SSSR count). The normalized spacial score (nSPS) is 12.5. The van der Waals surface area contributed by atoms with Crippen LogP contribution >= 0.6 is 11.3 Å². The van der Waals surface area contributed by atoms with E-state index in [1.54, 1.807) is 37.4 Å². The maximum absolute atomic E-state index is 12.7. The summed E-state index contributed by atoms with van der Waals surface area (Å²) < 4.78 is 6.64. The number of Topliss-reactive ketones (excluding diaryl/α,β-unsaturated/α-hetero) is 1. The van der Waals surface area contributed by atoms with Crippen LogP contribution in [0.1, 0.15) is 51.8 Å². The Bertz CT molecular complexity index is 1340. The second-order valence-corrected chi connectivity index (χ2v) is 8.30. The number of nitrogens with zero attached hydrogens (tertiary/aromatic N) is 4. The Hall–Kier alpha value is -3.75. The van der Waals surface area contributed by atoms with Crippen molar-refractivity contribution in [1.29, 1.82) is 10.5 Å². The quantitative estimate of drug-likeness (QED) is 0.583. The highest BCUT2D eigenvalue weighted by atomic mass is 32.1. The van der Waals surface area contributed by atoms with Crippen LogP contribution in [0.25, 0.3) is 16.3 Å². The summed E-state index contributed by atoms with van der Waals surface area (Å²) >= 11 is 1.44. The largest absolute Gasteiger partial charge is 0.497 e. The van der Waals surface area contributed by atoms with E-state index in [1.807, 2.05) is 6.07 Å². The van der Waals surface area contributed by atoms with Crippen molar-refractivity contribution in [3.05, 3.63) is 61.8 Å². The molecule has 1 aliphatic rings. The van der Waals surface area contributed by atoms with Crippen LogP contribution in [0, 0.1) is 22.7 Å². The van der Waals surface area contributed by atoms with E-state index in [9.17, 15) is 20.1 Å². The Morgan fingerprint density at radius 1 is 1.16 bits per heavy atom. The predicted octanol–water partition coefficient (Wildman–Crippen LogP) is 3.79. The van der Waals surface area contributed by atoms with E-state index in [0.717, 1.165) is 36.1 Å². The first-order chi connectivity index (χ1) is 15.0. The van der Waals surface area contributed by atoms with Gasteiger partial charge in [-0.25, -0.2) is 4.68 Å². The monoisotopic (exact) mass is 430 g/mol. The number of methoxy groups -OCH3 is 1. The standard InChI is InChI=1S/C23H18N4O3S/c1-13(28)20-16-5-3-4-6-19(16)31-23(20)27-21(14-7-9-15(30-2)10-8-14)17(11-24)22(29)18(12-25)26-27/h7-10H,3-6H2,1-2H3. The number of hydrogen-bond donors (Lipinski definition) is 0. The molecule has 0 saturated carbocycles. The molecular weight excluding hydrogens is 412 g/mol. The van der Waals surface area contributed by atoms with Crippen molar-refractivity contribution in [3.8, 4) is 34.1 Å². The molecule has 1 aromatic carbocycles. The zero-order valence-electron chi connectivity index (χ0n) is 17.1. The van der Waals surface area contributed by atoms with E-state index in [-0.39, 0.29) is 22.7 Å². The van der Waals surface area contributed by atoms with Gasteiger partial charge in [0.1, 0.15) is 28.5 Å². The highest BCUT2D eigenvalue weighted by Gasteiger charge is 2.28. The molecular formula is C23H18N4O3S. The van der Waals surface area contributed by atoms with Gasteiger partial charge in [0.25, 0.3) is 0 Å². The second-order valence-electron chi connectivity index (χ2n) is 7.21. The third-order valence-electron chi connectivity index (χ3n) is 5.37. The third-order valence-corrected chi connectivity index (χ3v) is 6.64. The van der Waals surface area contributed by atoms with Gasteiger partial charge in [-0.2, -0.15) is 15.6 Å². The molecule has 0 aliphatic heterocycles. The van der Waals surface area contributed by atoms with Crippen LogP contribution in [-0.4, -0.2) is 22.7 Å². The van der Waals surface area contributed by atoms with Gasteiger partial charge in [0.05, 0.1) is 18.4 Å². The fraction of sp³-hybridized carbons (Fsp3) is 0.261. The number of thiophene rings is 1. The van der Waals surface area contributed by atoms with E-state index < -0.39 is 5.43 Å². The summed E-state index contributed by atoms with van der Waals surface area (Å²) in [5, 5.41) is 24.1. The number of nitriles is 2. The lowest BCUT2D eigenvalue weighted by molar-refractivity contribution is 0.101. The van der Waals surface area contributed by atoms with Gasteiger partial charge >= 0.3 is 0 Å². The molecule has 31 heavy (non-hydrogen) atoms. The number of fused-ring (bicyclic) bond motifs is 1. The number of carbonyl (C=O) groups is 1. The molecule has 2 heterocycles. The van der Waals surface area contributed by atoms with Crippen molar-refractivity contribution < 1.29 is 9.53 Å². The maximum atomic E-state index is 12.7. The van der Waals surface area contributed by atoms with Gasteiger partial charge in [0.15, 0.2) is 5.78 Å². The highest BCUT2D eigenvalue weighted by molar-refractivity contribution is 7.15. The van der Waals surface area contributed by atoms with Crippen LogP contribution < -0.4 is 10.2 Å². The maximum Gasteiger partial charge on any atom is 0.236 e. The summed E-state index contributed by atoms with van der Waals surface area (Å²) in [6.45, 7) is 1.51. The first kappa shape index (κ1) is 20.5. The van der Waals surface area contributed by atoms with Crippen molar-refractivity contribution in [1.82, 2.24) is 9.78 Å². The Balaban J connectivity index is 2.11. The molecule has 0 amide bonds. The van der Waals surface area contributed by atoms with Gasteiger partial charge in [-0.1, -0.05) is 0 Å². The van der Waals surface area contributed by atoms with Crippen molar-refractivity contribution in [2.24, 2.45) is 0 Å². The lowest BCUT2D eigenvalue weighted by atomic mass is 9.94. The zero-order chi connectivity index (χ0) is 22.1. The lowest BCUT2D eigenvalue weighted by Crippen LogP contribution is -2.22. The predicted molar refractivity (Wildman–Crippen MR) is 116 cm³/mol. The van der Waals surface area contributed by atoms with E-state index >= 15 is 0 Å². The number of carbonyl (C=O) groups excluding carboxylic acids is 1. The van der Waals surface area contributed by atoms with E-state index in [0.29, 0.717) is 21.9 Å². The Morgan fingerprint density at radius 2 is 1.87 bits per heavy atom. The molecule has 1 aliphatic carbocycles. The SMILES string of the molecule is COc1ccc(-c2c(C#N)c(=O)c(C#N)nn2-c2sc3c(c2C(C)=O)CCCC3)cc1. The van der Waals surface area contributed by atoms with E-state index in [2.05, 4.69) is 5.10 Å². The molecule has 0 spiro atoms.